The molecule has 1 atom stereocenters. The van der Waals surface area contributed by atoms with E-state index < -0.39 is 9.84 Å². The quantitative estimate of drug-likeness (QED) is 0.467. The van der Waals surface area contributed by atoms with E-state index in [0.29, 0.717) is 41.4 Å². The molecule has 1 N–H and O–H groups in total. The monoisotopic (exact) mass is 524 g/mol. The topological polar surface area (TPSA) is 76.5 Å². The van der Waals surface area contributed by atoms with Gasteiger partial charge in [0.15, 0.2) is 5.11 Å². The summed E-state index contributed by atoms with van der Waals surface area (Å²) in [5, 5.41) is 4.72. The summed E-state index contributed by atoms with van der Waals surface area (Å²) >= 11 is 11.8. The number of aromatic nitrogens is 2. The van der Waals surface area contributed by atoms with Gasteiger partial charge in [-0.1, -0.05) is 37.6 Å². The van der Waals surface area contributed by atoms with Crippen LogP contribution in [0.1, 0.15) is 50.8 Å². The minimum Gasteiger partial charge on any atom is -0.376 e. The fourth-order valence-corrected chi connectivity index (χ4v) is 6.19. The van der Waals surface area contributed by atoms with E-state index in [2.05, 4.69) is 29.0 Å². The SMILES string of the molecule is CC(C)Cn1c(CN(CC2CCCO2)C(=S)NC2CC2)cnc1S(=O)(=O)Cc1cccc(Cl)c1. The zero-order chi connectivity index (χ0) is 24.3. The van der Waals surface area contributed by atoms with Crippen molar-refractivity contribution in [2.24, 2.45) is 5.92 Å². The van der Waals surface area contributed by atoms with Crippen LogP contribution in [0.4, 0.5) is 0 Å². The van der Waals surface area contributed by atoms with E-state index in [-0.39, 0.29) is 22.9 Å². The molecule has 2 aromatic rings. The molecular formula is C24H33ClN4O3S2. The molecule has 1 aliphatic heterocycles. The van der Waals surface area contributed by atoms with Gasteiger partial charge in [-0.2, -0.15) is 0 Å². The number of ether oxygens (including phenoxy) is 1. The zero-order valence-corrected chi connectivity index (χ0v) is 22.1. The van der Waals surface area contributed by atoms with Gasteiger partial charge in [-0.05, 0) is 61.5 Å². The van der Waals surface area contributed by atoms with E-state index >= 15 is 0 Å². The molecule has 4 rings (SSSR count). The van der Waals surface area contributed by atoms with Crippen LogP contribution in [0.3, 0.4) is 0 Å². The molecule has 0 bridgehead atoms. The van der Waals surface area contributed by atoms with Crippen LogP contribution in [0.15, 0.2) is 35.6 Å². The summed E-state index contributed by atoms with van der Waals surface area (Å²) in [5.41, 5.74) is 1.47. The van der Waals surface area contributed by atoms with Crippen molar-refractivity contribution >= 4 is 38.8 Å². The van der Waals surface area contributed by atoms with E-state index in [4.69, 9.17) is 28.6 Å². The van der Waals surface area contributed by atoms with Crippen molar-refractivity contribution in [1.82, 2.24) is 19.8 Å². The molecule has 1 unspecified atom stereocenters. The molecule has 1 aliphatic carbocycles. The van der Waals surface area contributed by atoms with Gasteiger partial charge in [0.1, 0.15) is 0 Å². The highest BCUT2D eigenvalue weighted by Gasteiger charge is 2.29. The summed E-state index contributed by atoms with van der Waals surface area (Å²) in [4.78, 5) is 6.50. The van der Waals surface area contributed by atoms with Gasteiger partial charge in [-0.15, -0.1) is 0 Å². The van der Waals surface area contributed by atoms with Crippen LogP contribution in [0.25, 0.3) is 0 Å². The minimum absolute atomic E-state index is 0.0920. The second kappa shape index (κ2) is 10.9. The molecule has 0 amide bonds. The van der Waals surface area contributed by atoms with Crippen molar-refractivity contribution in [3.63, 3.8) is 0 Å². The number of hydrogen-bond donors (Lipinski definition) is 1. The van der Waals surface area contributed by atoms with Crippen LogP contribution < -0.4 is 5.32 Å². The molecule has 1 aromatic heterocycles. The van der Waals surface area contributed by atoms with Crippen LogP contribution in [0, 0.1) is 5.92 Å². The number of halogens is 1. The fraction of sp³-hybridized carbons (Fsp3) is 0.583. The Balaban J connectivity index is 1.60. The second-order valence-electron chi connectivity index (χ2n) is 9.66. The molecule has 1 aromatic carbocycles. The Kier molecular flexibility index (Phi) is 8.17. The first-order valence-electron chi connectivity index (χ1n) is 11.9. The van der Waals surface area contributed by atoms with E-state index in [9.17, 15) is 8.42 Å². The maximum absolute atomic E-state index is 13.4. The van der Waals surface area contributed by atoms with Crippen LogP contribution in [0.2, 0.25) is 5.02 Å². The summed E-state index contributed by atoms with van der Waals surface area (Å²) in [7, 11) is -3.67. The third kappa shape index (κ3) is 6.71. The van der Waals surface area contributed by atoms with Crippen LogP contribution in [-0.4, -0.2) is 53.3 Å². The average molecular weight is 525 g/mol. The number of hydrogen-bond acceptors (Lipinski definition) is 5. The van der Waals surface area contributed by atoms with Crippen molar-refractivity contribution in [3.8, 4) is 0 Å². The lowest BCUT2D eigenvalue weighted by atomic mass is 10.2. The lowest BCUT2D eigenvalue weighted by Gasteiger charge is -2.29. The molecule has 0 spiro atoms. The highest BCUT2D eigenvalue weighted by Crippen LogP contribution is 2.24. The Labute approximate surface area is 212 Å². The molecule has 10 heteroatoms. The summed E-state index contributed by atoms with van der Waals surface area (Å²) in [6.07, 6.45) is 6.13. The molecule has 34 heavy (non-hydrogen) atoms. The third-order valence-electron chi connectivity index (χ3n) is 5.97. The minimum atomic E-state index is -3.67. The van der Waals surface area contributed by atoms with Gasteiger partial charge in [0.25, 0.3) is 0 Å². The number of imidazole rings is 1. The highest BCUT2D eigenvalue weighted by atomic mass is 35.5. The number of benzene rings is 1. The maximum Gasteiger partial charge on any atom is 0.228 e. The normalized spacial score (nSPS) is 18.4. The molecular weight excluding hydrogens is 492 g/mol. The Morgan fingerprint density at radius 3 is 2.79 bits per heavy atom. The van der Waals surface area contributed by atoms with Crippen LogP contribution in [-0.2, 0) is 33.4 Å². The summed E-state index contributed by atoms with van der Waals surface area (Å²) in [6, 6.07) is 7.38. The van der Waals surface area contributed by atoms with Crippen molar-refractivity contribution in [3.05, 3.63) is 46.7 Å². The first-order valence-corrected chi connectivity index (χ1v) is 14.3. The third-order valence-corrected chi connectivity index (χ3v) is 8.17. The Morgan fingerprint density at radius 2 is 2.15 bits per heavy atom. The molecule has 1 saturated carbocycles. The first-order chi connectivity index (χ1) is 16.2. The Morgan fingerprint density at radius 1 is 1.35 bits per heavy atom. The Hall–Kier alpha value is -1.68. The van der Waals surface area contributed by atoms with Crippen LogP contribution >= 0.6 is 23.8 Å². The summed E-state index contributed by atoms with van der Waals surface area (Å²) in [5.74, 6) is 0.0971. The van der Waals surface area contributed by atoms with E-state index in [0.717, 1.165) is 38.0 Å². The molecule has 0 radical (unpaired) electrons. The van der Waals surface area contributed by atoms with E-state index in [1.807, 2.05) is 4.57 Å². The smallest absolute Gasteiger partial charge is 0.228 e. The number of sulfone groups is 1. The van der Waals surface area contributed by atoms with Gasteiger partial charge in [0.05, 0.1) is 30.3 Å². The predicted molar refractivity (Wildman–Crippen MR) is 138 cm³/mol. The van der Waals surface area contributed by atoms with Gasteiger partial charge >= 0.3 is 0 Å². The zero-order valence-electron chi connectivity index (χ0n) is 19.7. The van der Waals surface area contributed by atoms with Crippen molar-refractivity contribution in [2.45, 2.75) is 75.7 Å². The van der Waals surface area contributed by atoms with Crippen molar-refractivity contribution < 1.29 is 13.2 Å². The van der Waals surface area contributed by atoms with Crippen molar-refractivity contribution in [1.29, 1.82) is 0 Å². The standard InChI is InChI=1S/C24H33ClN4O3S2/c1-17(2)13-29-21(12-26-24(29)34(30,31)16-18-5-3-6-19(25)11-18)14-28(15-22-7-4-10-32-22)23(33)27-20-8-9-20/h3,5-6,11-12,17,20,22H,4,7-10,13-16H2,1-2H3,(H,27,33). The van der Waals surface area contributed by atoms with Gasteiger partial charge in [-0.25, -0.2) is 13.4 Å². The molecule has 2 heterocycles. The van der Waals surface area contributed by atoms with Gasteiger partial charge in [-0.3, -0.25) is 0 Å². The average Bonchev–Trinajstić information content (AvgIpc) is 3.25. The number of thiocarbonyl (C=S) groups is 1. The lowest BCUT2D eigenvalue weighted by molar-refractivity contribution is 0.0892. The van der Waals surface area contributed by atoms with Gasteiger partial charge in [0, 0.05) is 30.8 Å². The van der Waals surface area contributed by atoms with Gasteiger partial charge in [0.2, 0.25) is 15.0 Å². The number of nitrogens with zero attached hydrogens (tertiary/aromatic N) is 3. The fourth-order valence-electron chi connectivity index (χ4n) is 4.18. The predicted octanol–water partition coefficient (Wildman–Crippen LogP) is 4.18. The molecule has 1 saturated heterocycles. The van der Waals surface area contributed by atoms with E-state index in [1.165, 1.54) is 0 Å². The van der Waals surface area contributed by atoms with Crippen molar-refractivity contribution in [2.75, 3.05) is 13.2 Å². The maximum atomic E-state index is 13.4. The molecule has 7 nitrogen and oxygen atoms in total. The number of rotatable bonds is 10. The summed E-state index contributed by atoms with van der Waals surface area (Å²) in [6.45, 7) is 6.62. The molecule has 2 aliphatic rings. The highest BCUT2D eigenvalue weighted by molar-refractivity contribution is 7.90. The summed E-state index contributed by atoms with van der Waals surface area (Å²) < 4.78 is 34.5. The Bertz CT molecular complexity index is 1110. The molecule has 2 fully saturated rings. The first kappa shape index (κ1) is 25.4. The van der Waals surface area contributed by atoms with Crippen LogP contribution in [0.5, 0.6) is 0 Å². The number of nitrogens with one attached hydrogen (secondary N) is 1. The second-order valence-corrected chi connectivity index (χ2v) is 12.4. The lowest BCUT2D eigenvalue weighted by Crippen LogP contribution is -2.44. The van der Waals surface area contributed by atoms with Gasteiger partial charge < -0.3 is 19.5 Å². The largest absolute Gasteiger partial charge is 0.376 e. The van der Waals surface area contributed by atoms with E-state index in [1.54, 1.807) is 30.5 Å². The molecule has 186 valence electrons.